The van der Waals surface area contributed by atoms with Crippen LogP contribution in [0.4, 0.5) is 4.79 Å². The molecule has 6 nitrogen and oxygen atoms in total. The van der Waals surface area contributed by atoms with Crippen molar-refractivity contribution >= 4 is 12.0 Å². The first-order valence-corrected chi connectivity index (χ1v) is 9.14. The Kier molecular flexibility index (Phi) is 6.08. The molecule has 1 aliphatic heterocycles. The van der Waals surface area contributed by atoms with Gasteiger partial charge in [0.1, 0.15) is 0 Å². The van der Waals surface area contributed by atoms with Crippen LogP contribution in [0.25, 0.3) is 0 Å². The first-order valence-electron chi connectivity index (χ1n) is 9.14. The molecule has 3 rings (SSSR count). The van der Waals surface area contributed by atoms with Crippen LogP contribution in [0.5, 0.6) is 0 Å². The van der Waals surface area contributed by atoms with Crippen molar-refractivity contribution in [3.8, 4) is 0 Å². The smallest absolute Gasteiger partial charge is 0.335 e. The second-order valence-corrected chi connectivity index (χ2v) is 6.81. The minimum atomic E-state index is -0.970. The van der Waals surface area contributed by atoms with E-state index in [1.165, 1.54) is 12.1 Å². The molecule has 2 aromatic rings. The van der Waals surface area contributed by atoms with Gasteiger partial charge < -0.3 is 20.4 Å². The summed E-state index contributed by atoms with van der Waals surface area (Å²) >= 11 is 0. The third-order valence-corrected chi connectivity index (χ3v) is 4.96. The lowest BCUT2D eigenvalue weighted by molar-refractivity contribution is 0.0696. The van der Waals surface area contributed by atoms with Crippen molar-refractivity contribution in [2.24, 2.45) is 0 Å². The number of carboxylic acid groups (broad SMARTS) is 1. The summed E-state index contributed by atoms with van der Waals surface area (Å²) in [4.78, 5) is 25.2. The average molecular weight is 368 g/mol. The second kappa shape index (κ2) is 8.68. The Hall–Kier alpha value is -2.86. The molecule has 3 N–H and O–H groups in total. The van der Waals surface area contributed by atoms with Gasteiger partial charge in [0.25, 0.3) is 0 Å². The molecule has 2 atom stereocenters. The molecular weight excluding hydrogens is 344 g/mol. The number of aromatic carboxylic acids is 1. The van der Waals surface area contributed by atoms with E-state index in [2.05, 4.69) is 5.32 Å². The van der Waals surface area contributed by atoms with E-state index in [9.17, 15) is 14.7 Å². The van der Waals surface area contributed by atoms with Crippen LogP contribution < -0.4 is 5.32 Å². The highest BCUT2D eigenvalue weighted by atomic mass is 16.4. The molecule has 1 fully saturated rings. The minimum absolute atomic E-state index is 0.00888. The zero-order valence-electron chi connectivity index (χ0n) is 15.0. The summed E-state index contributed by atoms with van der Waals surface area (Å²) in [5.41, 5.74) is 1.93. The predicted molar refractivity (Wildman–Crippen MR) is 101 cm³/mol. The lowest BCUT2D eigenvalue weighted by atomic mass is 10.0. The molecule has 2 unspecified atom stereocenters. The SMILES string of the molecule is O=C(O)c1ccc(CNC(=O)N2CCCC2CC(O)c2ccccc2)cc1. The van der Waals surface area contributed by atoms with E-state index in [-0.39, 0.29) is 17.6 Å². The number of nitrogens with one attached hydrogen (secondary N) is 1. The summed E-state index contributed by atoms with van der Waals surface area (Å²) in [6.45, 7) is 1.01. The summed E-state index contributed by atoms with van der Waals surface area (Å²) in [7, 11) is 0. The zero-order chi connectivity index (χ0) is 19.2. The molecule has 2 aromatic carbocycles. The first-order chi connectivity index (χ1) is 13.0. The minimum Gasteiger partial charge on any atom is -0.478 e. The Labute approximate surface area is 158 Å². The van der Waals surface area contributed by atoms with Gasteiger partial charge in [-0.05, 0) is 42.5 Å². The van der Waals surface area contributed by atoms with E-state index in [0.29, 0.717) is 19.5 Å². The van der Waals surface area contributed by atoms with Crippen molar-refractivity contribution in [3.05, 3.63) is 71.3 Å². The van der Waals surface area contributed by atoms with Gasteiger partial charge in [-0.2, -0.15) is 0 Å². The maximum absolute atomic E-state index is 12.6. The molecule has 142 valence electrons. The van der Waals surface area contributed by atoms with Gasteiger partial charge in [0, 0.05) is 19.1 Å². The number of urea groups is 1. The van der Waals surface area contributed by atoms with Crippen LogP contribution in [-0.4, -0.2) is 39.7 Å². The molecule has 1 heterocycles. The van der Waals surface area contributed by atoms with Crippen molar-refractivity contribution < 1.29 is 19.8 Å². The van der Waals surface area contributed by atoms with Crippen LogP contribution in [0.2, 0.25) is 0 Å². The topological polar surface area (TPSA) is 89.9 Å². The van der Waals surface area contributed by atoms with Crippen molar-refractivity contribution in [1.82, 2.24) is 10.2 Å². The van der Waals surface area contributed by atoms with Crippen molar-refractivity contribution in [2.45, 2.75) is 38.0 Å². The molecule has 1 aliphatic rings. The van der Waals surface area contributed by atoms with E-state index in [1.54, 1.807) is 17.0 Å². The average Bonchev–Trinajstić information content (AvgIpc) is 3.15. The number of aliphatic hydroxyl groups is 1. The van der Waals surface area contributed by atoms with E-state index in [0.717, 1.165) is 24.0 Å². The zero-order valence-corrected chi connectivity index (χ0v) is 15.0. The highest BCUT2D eigenvalue weighted by molar-refractivity contribution is 5.87. The summed E-state index contributed by atoms with van der Waals surface area (Å²) in [5, 5.41) is 22.3. The highest BCUT2D eigenvalue weighted by Gasteiger charge is 2.30. The first kappa shape index (κ1) is 18.9. The number of rotatable bonds is 6. The van der Waals surface area contributed by atoms with E-state index in [4.69, 9.17) is 5.11 Å². The third-order valence-electron chi connectivity index (χ3n) is 4.96. The largest absolute Gasteiger partial charge is 0.478 e. The van der Waals surface area contributed by atoms with Crippen LogP contribution in [0, 0.1) is 0 Å². The number of carboxylic acids is 1. The molecule has 0 aromatic heterocycles. The van der Waals surface area contributed by atoms with Crippen LogP contribution >= 0.6 is 0 Å². The normalized spacial score (nSPS) is 17.5. The lowest BCUT2D eigenvalue weighted by Gasteiger charge is -2.27. The fourth-order valence-corrected chi connectivity index (χ4v) is 3.46. The van der Waals surface area contributed by atoms with Crippen molar-refractivity contribution in [3.63, 3.8) is 0 Å². The molecule has 27 heavy (non-hydrogen) atoms. The maximum atomic E-state index is 12.6. The van der Waals surface area contributed by atoms with Gasteiger partial charge in [-0.15, -0.1) is 0 Å². The summed E-state index contributed by atoms with van der Waals surface area (Å²) in [6, 6.07) is 15.8. The second-order valence-electron chi connectivity index (χ2n) is 6.81. The van der Waals surface area contributed by atoms with Gasteiger partial charge in [-0.3, -0.25) is 0 Å². The maximum Gasteiger partial charge on any atom is 0.335 e. The molecule has 0 bridgehead atoms. The van der Waals surface area contributed by atoms with Gasteiger partial charge in [-0.25, -0.2) is 9.59 Å². The number of likely N-dealkylation sites (tertiary alicyclic amines) is 1. The number of hydrogen-bond donors (Lipinski definition) is 3. The summed E-state index contributed by atoms with van der Waals surface area (Å²) in [6.07, 6.45) is 1.73. The van der Waals surface area contributed by atoms with Crippen molar-refractivity contribution in [1.29, 1.82) is 0 Å². The predicted octanol–water partition coefficient (Wildman–Crippen LogP) is 3.18. The number of hydrogen-bond acceptors (Lipinski definition) is 3. The Morgan fingerprint density at radius 1 is 1.11 bits per heavy atom. The van der Waals surface area contributed by atoms with E-state index >= 15 is 0 Å². The number of amides is 2. The Morgan fingerprint density at radius 2 is 1.81 bits per heavy atom. The van der Waals surface area contributed by atoms with Gasteiger partial charge in [0.05, 0.1) is 11.7 Å². The van der Waals surface area contributed by atoms with Gasteiger partial charge in [-0.1, -0.05) is 42.5 Å². The number of nitrogens with zero attached hydrogens (tertiary/aromatic N) is 1. The van der Waals surface area contributed by atoms with Gasteiger partial charge >= 0.3 is 12.0 Å². The van der Waals surface area contributed by atoms with Gasteiger partial charge in [0.2, 0.25) is 0 Å². The van der Waals surface area contributed by atoms with E-state index in [1.807, 2.05) is 30.3 Å². The fraction of sp³-hybridized carbons (Fsp3) is 0.333. The molecule has 0 aliphatic carbocycles. The highest BCUT2D eigenvalue weighted by Crippen LogP contribution is 2.27. The van der Waals surface area contributed by atoms with Gasteiger partial charge in [0.15, 0.2) is 0 Å². The summed E-state index contributed by atoms with van der Waals surface area (Å²) in [5.74, 6) is -0.970. The molecule has 0 spiro atoms. The van der Waals surface area contributed by atoms with Crippen LogP contribution in [0.3, 0.4) is 0 Å². The monoisotopic (exact) mass is 368 g/mol. The molecule has 0 saturated carbocycles. The van der Waals surface area contributed by atoms with E-state index < -0.39 is 12.1 Å². The fourth-order valence-electron chi connectivity index (χ4n) is 3.46. The number of carbonyl (C=O) groups is 2. The molecule has 6 heteroatoms. The molecular formula is C21H24N2O4. The van der Waals surface area contributed by atoms with Crippen LogP contribution in [-0.2, 0) is 6.54 Å². The Bertz CT molecular complexity index is 777. The number of carbonyl (C=O) groups excluding carboxylic acids is 1. The number of aliphatic hydroxyl groups excluding tert-OH is 1. The Balaban J connectivity index is 1.54. The summed E-state index contributed by atoms with van der Waals surface area (Å²) < 4.78 is 0. The molecule has 0 radical (unpaired) electrons. The standard InChI is InChI=1S/C21H24N2O4/c24-19(16-5-2-1-3-6-16)13-18-7-4-12-23(18)21(27)22-14-15-8-10-17(11-9-15)20(25)26/h1-3,5-6,8-11,18-19,24H,4,7,12-14H2,(H,22,27)(H,25,26). The molecule has 1 saturated heterocycles. The quantitative estimate of drug-likeness (QED) is 0.730. The lowest BCUT2D eigenvalue weighted by Crippen LogP contribution is -2.43. The molecule has 2 amide bonds. The number of benzene rings is 2. The van der Waals surface area contributed by atoms with Crippen LogP contribution in [0.1, 0.15) is 46.9 Å². The van der Waals surface area contributed by atoms with Crippen molar-refractivity contribution in [2.75, 3.05) is 6.54 Å². The third kappa shape index (κ3) is 4.86. The van der Waals surface area contributed by atoms with Crippen LogP contribution in [0.15, 0.2) is 54.6 Å². The Morgan fingerprint density at radius 3 is 2.48 bits per heavy atom.